The summed E-state index contributed by atoms with van der Waals surface area (Å²) in [4.78, 5) is 34.5. The molecule has 1 aliphatic carbocycles. The lowest BCUT2D eigenvalue weighted by atomic mass is 9.70. The average molecular weight is 296 g/mol. The van der Waals surface area contributed by atoms with Crippen LogP contribution in [0.25, 0.3) is 0 Å². The Balaban J connectivity index is 2.54. The van der Waals surface area contributed by atoms with Gasteiger partial charge >= 0.3 is 17.9 Å². The van der Waals surface area contributed by atoms with Gasteiger partial charge in [-0.2, -0.15) is 0 Å². The van der Waals surface area contributed by atoms with Crippen LogP contribution in [-0.4, -0.2) is 36.2 Å². The monoisotopic (exact) mass is 296 g/mol. The molecule has 6 heteroatoms. The third-order valence-electron chi connectivity index (χ3n) is 3.48. The Hall–Kier alpha value is -2.11. The summed E-state index contributed by atoms with van der Waals surface area (Å²) in [7, 11) is 0. The first-order valence-corrected chi connectivity index (χ1v) is 6.68. The Labute approximate surface area is 123 Å². The Morgan fingerprint density at radius 1 is 1.33 bits per heavy atom. The summed E-state index contributed by atoms with van der Waals surface area (Å²) < 4.78 is 9.85. The first kappa shape index (κ1) is 16.9. The maximum Gasteiger partial charge on any atom is 0.333 e. The molecule has 0 amide bonds. The van der Waals surface area contributed by atoms with E-state index < -0.39 is 29.2 Å². The number of aliphatic carboxylic acids is 1. The lowest BCUT2D eigenvalue weighted by Gasteiger charge is -2.33. The van der Waals surface area contributed by atoms with Crippen LogP contribution in [0.4, 0.5) is 0 Å². The second kappa shape index (κ2) is 7.06. The van der Waals surface area contributed by atoms with Gasteiger partial charge in [0.25, 0.3) is 0 Å². The smallest absolute Gasteiger partial charge is 0.333 e. The molecular formula is C15H20O6. The minimum absolute atomic E-state index is 0.0823. The van der Waals surface area contributed by atoms with Gasteiger partial charge in [0.15, 0.2) is 0 Å². The van der Waals surface area contributed by atoms with Crippen molar-refractivity contribution in [3.63, 3.8) is 0 Å². The highest BCUT2D eigenvalue weighted by molar-refractivity contribution is 5.87. The van der Waals surface area contributed by atoms with Crippen LogP contribution < -0.4 is 0 Å². The quantitative estimate of drug-likeness (QED) is 0.347. The summed E-state index contributed by atoms with van der Waals surface area (Å²) in [6.45, 7) is 6.33. The lowest BCUT2D eigenvalue weighted by molar-refractivity contribution is -0.167. The summed E-state index contributed by atoms with van der Waals surface area (Å²) in [5, 5.41) is 9.19. The van der Waals surface area contributed by atoms with Gasteiger partial charge in [-0.05, 0) is 26.7 Å². The van der Waals surface area contributed by atoms with Crippen molar-refractivity contribution in [1.82, 2.24) is 0 Å². The third kappa shape index (κ3) is 4.18. The summed E-state index contributed by atoms with van der Waals surface area (Å²) in [6.07, 6.45) is 4.31. The molecule has 6 nitrogen and oxygen atoms in total. The van der Waals surface area contributed by atoms with Crippen molar-refractivity contribution in [3.8, 4) is 0 Å². The summed E-state index contributed by atoms with van der Waals surface area (Å²) >= 11 is 0. The molecule has 1 N–H and O–H groups in total. The Kier molecular flexibility index (Phi) is 5.69. The van der Waals surface area contributed by atoms with Crippen LogP contribution in [0.3, 0.4) is 0 Å². The molecule has 116 valence electrons. The average Bonchev–Trinajstić information content (AvgIpc) is 2.42. The van der Waals surface area contributed by atoms with E-state index in [0.717, 1.165) is 0 Å². The van der Waals surface area contributed by atoms with Crippen molar-refractivity contribution < 1.29 is 29.0 Å². The number of carboxylic acid groups (broad SMARTS) is 1. The van der Waals surface area contributed by atoms with Gasteiger partial charge in [-0.3, -0.25) is 9.59 Å². The third-order valence-corrected chi connectivity index (χ3v) is 3.48. The number of rotatable bonds is 6. The number of carboxylic acids is 1. The normalized spacial score (nSPS) is 24.2. The Bertz CT molecular complexity index is 479. The van der Waals surface area contributed by atoms with Gasteiger partial charge in [0.05, 0.1) is 11.3 Å². The van der Waals surface area contributed by atoms with E-state index >= 15 is 0 Å². The zero-order chi connectivity index (χ0) is 16.0. The van der Waals surface area contributed by atoms with Gasteiger partial charge in [-0.1, -0.05) is 18.7 Å². The number of hydrogen-bond acceptors (Lipinski definition) is 5. The first-order chi connectivity index (χ1) is 9.79. The molecule has 0 radical (unpaired) electrons. The zero-order valence-corrected chi connectivity index (χ0v) is 12.3. The van der Waals surface area contributed by atoms with E-state index in [0.29, 0.717) is 12.8 Å². The number of carbonyl (C=O) groups is 3. The number of esters is 2. The highest BCUT2D eigenvalue weighted by Gasteiger charge is 2.46. The van der Waals surface area contributed by atoms with Gasteiger partial charge < -0.3 is 14.6 Å². The molecular weight excluding hydrogens is 276 g/mol. The van der Waals surface area contributed by atoms with Crippen LogP contribution in [0.1, 0.15) is 26.7 Å². The molecule has 21 heavy (non-hydrogen) atoms. The fourth-order valence-corrected chi connectivity index (χ4v) is 2.12. The van der Waals surface area contributed by atoms with Crippen molar-refractivity contribution in [2.24, 2.45) is 11.3 Å². The number of ether oxygens (including phenoxy) is 2. The highest BCUT2D eigenvalue weighted by Crippen LogP contribution is 2.38. The van der Waals surface area contributed by atoms with Crippen molar-refractivity contribution in [2.45, 2.75) is 26.7 Å². The first-order valence-electron chi connectivity index (χ1n) is 6.68. The van der Waals surface area contributed by atoms with Crippen LogP contribution in [0.2, 0.25) is 0 Å². The Morgan fingerprint density at radius 2 is 1.95 bits per heavy atom. The molecule has 0 saturated heterocycles. The van der Waals surface area contributed by atoms with Crippen LogP contribution in [0.5, 0.6) is 0 Å². The van der Waals surface area contributed by atoms with Crippen molar-refractivity contribution in [1.29, 1.82) is 0 Å². The zero-order valence-electron chi connectivity index (χ0n) is 12.3. The minimum Gasteiger partial charge on any atom is -0.481 e. The summed E-state index contributed by atoms with van der Waals surface area (Å²) in [6, 6.07) is 0. The van der Waals surface area contributed by atoms with Gasteiger partial charge in [-0.25, -0.2) is 4.79 Å². The van der Waals surface area contributed by atoms with E-state index in [2.05, 4.69) is 6.58 Å². The lowest BCUT2D eigenvalue weighted by Crippen LogP contribution is -2.42. The molecule has 0 bridgehead atoms. The standard InChI is InChI=1S/C15H20O6/c1-10(2)13(18)20-8-9-21-14(19)15(3)7-5-4-6-11(15)12(16)17/h4,6,11H,1,5,7-9H2,2-3H3,(H,16,17). The van der Waals surface area contributed by atoms with Gasteiger partial charge in [0, 0.05) is 5.57 Å². The Morgan fingerprint density at radius 3 is 2.52 bits per heavy atom. The molecule has 1 rings (SSSR count). The molecule has 0 aromatic heterocycles. The molecule has 0 fully saturated rings. The van der Waals surface area contributed by atoms with Crippen LogP contribution >= 0.6 is 0 Å². The molecule has 0 heterocycles. The van der Waals surface area contributed by atoms with E-state index in [1.807, 2.05) is 0 Å². The van der Waals surface area contributed by atoms with E-state index in [-0.39, 0.29) is 18.8 Å². The number of allylic oxidation sites excluding steroid dienone is 1. The van der Waals surface area contributed by atoms with Crippen LogP contribution in [0, 0.1) is 11.3 Å². The van der Waals surface area contributed by atoms with E-state index in [4.69, 9.17) is 9.47 Å². The minimum atomic E-state index is -1.10. The number of carbonyl (C=O) groups excluding carboxylic acids is 2. The molecule has 0 aromatic rings. The molecule has 2 atom stereocenters. The van der Waals surface area contributed by atoms with E-state index in [1.165, 1.54) is 13.0 Å². The molecule has 0 spiro atoms. The van der Waals surface area contributed by atoms with Gasteiger partial charge in [0.1, 0.15) is 13.2 Å². The predicted octanol–water partition coefficient (Wildman–Crippen LogP) is 1.71. The maximum atomic E-state index is 12.1. The highest BCUT2D eigenvalue weighted by atomic mass is 16.6. The molecule has 0 saturated carbocycles. The second-order valence-corrected chi connectivity index (χ2v) is 5.25. The van der Waals surface area contributed by atoms with Crippen LogP contribution in [-0.2, 0) is 23.9 Å². The van der Waals surface area contributed by atoms with E-state index in [1.54, 1.807) is 13.0 Å². The molecule has 2 unspecified atom stereocenters. The van der Waals surface area contributed by atoms with Crippen molar-refractivity contribution >= 4 is 17.9 Å². The summed E-state index contributed by atoms with van der Waals surface area (Å²) in [5.74, 6) is -3.11. The predicted molar refractivity (Wildman–Crippen MR) is 74.3 cm³/mol. The fourth-order valence-electron chi connectivity index (χ4n) is 2.12. The van der Waals surface area contributed by atoms with Gasteiger partial charge in [-0.15, -0.1) is 0 Å². The number of hydrogen-bond donors (Lipinski definition) is 1. The fraction of sp³-hybridized carbons (Fsp3) is 0.533. The van der Waals surface area contributed by atoms with Crippen molar-refractivity contribution in [2.75, 3.05) is 13.2 Å². The SMILES string of the molecule is C=C(C)C(=O)OCCOC(=O)C1(C)CCC=CC1C(=O)O. The topological polar surface area (TPSA) is 89.9 Å². The van der Waals surface area contributed by atoms with Crippen molar-refractivity contribution in [3.05, 3.63) is 24.3 Å². The van der Waals surface area contributed by atoms with E-state index in [9.17, 15) is 19.5 Å². The molecule has 1 aliphatic rings. The summed E-state index contributed by atoms with van der Waals surface area (Å²) in [5.41, 5.74) is -0.837. The largest absolute Gasteiger partial charge is 0.481 e. The van der Waals surface area contributed by atoms with Crippen LogP contribution in [0.15, 0.2) is 24.3 Å². The second-order valence-electron chi connectivity index (χ2n) is 5.25. The maximum absolute atomic E-state index is 12.1. The molecule has 0 aromatic carbocycles. The van der Waals surface area contributed by atoms with Gasteiger partial charge in [0.2, 0.25) is 0 Å². The molecule has 0 aliphatic heterocycles.